The van der Waals surface area contributed by atoms with Crippen LogP contribution in [0.2, 0.25) is 0 Å². The number of nitrogens with one attached hydrogen (secondary N) is 2. The first-order chi connectivity index (χ1) is 23.0. The van der Waals surface area contributed by atoms with Gasteiger partial charge in [-0.25, -0.2) is 30.0 Å². The Balaban J connectivity index is 0.000000266. The molecule has 0 aliphatic heterocycles. The molecule has 0 heterocycles. The zero-order valence-electron chi connectivity index (χ0n) is 25.0. The molecule has 4 aromatic rings. The average molecular weight is 1170 g/mol. The number of carbonyl (C=O) groups is 1. The molecular formula is C33H26I4N2O7S3. The van der Waals surface area contributed by atoms with Crippen LogP contribution in [0.25, 0.3) is 24.3 Å². The fraction of sp³-hybridized carbons (Fsp3) is 0. The molecule has 9 nitrogen and oxygen atoms in total. The lowest BCUT2D eigenvalue weighted by molar-refractivity contribution is -0.114. The smallest absolute Gasteiger partial charge is 0.257 e. The number of amides is 1. The Morgan fingerprint density at radius 2 is 0.694 bits per heavy atom. The van der Waals surface area contributed by atoms with Crippen molar-refractivity contribution in [3.05, 3.63) is 156 Å². The SMILES string of the molecule is O=C(C=Cc1ccc(I)cc1)NS(=O)(=O)C=Cc1ccc(I)cc1.O=S(=O)(C=Cc1ccc(I)cc1)NS(=O)(=O)C=Cc1ccc(I)cc1. The number of hydrogen-bond acceptors (Lipinski definition) is 7. The molecule has 2 N–H and O–H groups in total. The number of hydrogen-bond donors (Lipinski definition) is 2. The summed E-state index contributed by atoms with van der Waals surface area (Å²) in [5.74, 6) is -0.694. The van der Waals surface area contributed by atoms with Crippen LogP contribution in [0.4, 0.5) is 0 Å². The summed E-state index contributed by atoms with van der Waals surface area (Å²) in [6.45, 7) is 0. The van der Waals surface area contributed by atoms with E-state index in [1.54, 1.807) is 46.6 Å². The molecular weight excluding hydrogens is 1140 g/mol. The Bertz CT molecular complexity index is 2100. The monoisotopic (exact) mass is 1170 g/mol. The normalized spacial score (nSPS) is 12.4. The highest BCUT2D eigenvalue weighted by molar-refractivity contribution is 14.1. The second-order valence-corrected chi connectivity index (χ2v) is 19.6. The van der Waals surface area contributed by atoms with Crippen molar-refractivity contribution in [1.29, 1.82) is 0 Å². The van der Waals surface area contributed by atoms with Gasteiger partial charge in [-0.1, -0.05) is 48.5 Å². The third-order valence-corrected chi connectivity index (χ3v) is 12.4. The minimum atomic E-state index is -4.13. The minimum Gasteiger partial charge on any atom is -0.269 e. The van der Waals surface area contributed by atoms with Gasteiger partial charge in [-0.15, -0.1) is 4.13 Å². The lowest BCUT2D eigenvalue weighted by atomic mass is 10.2. The van der Waals surface area contributed by atoms with Crippen molar-refractivity contribution < 1.29 is 30.0 Å². The standard InChI is InChI=1S/C17H13I2NO3S.C16H13I2NO4S2/c18-15-6-1-13(2-7-15)5-10-17(21)20-24(22,23)12-11-14-3-8-16(19)9-4-14;17-15-5-1-13(2-6-15)9-11-24(20,21)19-25(22,23)12-10-14-3-7-16(18)8-4-14/h1-12H,(H,20,21);1-12,19H. The Morgan fingerprint density at radius 3 is 1.00 bits per heavy atom. The van der Waals surface area contributed by atoms with Crippen LogP contribution in [0.15, 0.2) is 119 Å². The van der Waals surface area contributed by atoms with E-state index in [2.05, 4.69) is 90.4 Å². The molecule has 0 aliphatic carbocycles. The molecule has 0 fully saturated rings. The number of sulfonamides is 3. The van der Waals surface area contributed by atoms with Crippen molar-refractivity contribution in [2.75, 3.05) is 0 Å². The van der Waals surface area contributed by atoms with E-state index in [-0.39, 0.29) is 0 Å². The van der Waals surface area contributed by atoms with Gasteiger partial charge in [-0.3, -0.25) is 4.79 Å². The molecule has 1 amide bonds. The first kappa shape index (κ1) is 41.5. The summed E-state index contributed by atoms with van der Waals surface area (Å²) >= 11 is 8.61. The van der Waals surface area contributed by atoms with Crippen molar-refractivity contribution in [1.82, 2.24) is 8.85 Å². The van der Waals surface area contributed by atoms with Crippen LogP contribution in [0.3, 0.4) is 0 Å². The average Bonchev–Trinajstić information content (AvgIpc) is 3.03. The fourth-order valence-electron chi connectivity index (χ4n) is 3.40. The largest absolute Gasteiger partial charge is 0.269 e. The van der Waals surface area contributed by atoms with Crippen LogP contribution in [0, 0.1) is 14.3 Å². The second-order valence-electron chi connectivity index (χ2n) is 9.63. The van der Waals surface area contributed by atoms with E-state index >= 15 is 0 Å². The highest BCUT2D eigenvalue weighted by Crippen LogP contribution is 2.12. The van der Waals surface area contributed by atoms with Gasteiger partial charge in [0.25, 0.3) is 15.9 Å². The van der Waals surface area contributed by atoms with Crippen LogP contribution in [0.1, 0.15) is 22.3 Å². The topological polar surface area (TPSA) is 144 Å². The van der Waals surface area contributed by atoms with Gasteiger partial charge < -0.3 is 0 Å². The van der Waals surface area contributed by atoms with Gasteiger partial charge in [-0.2, -0.15) is 0 Å². The lowest BCUT2D eigenvalue weighted by Crippen LogP contribution is -2.26. The number of rotatable bonds is 11. The van der Waals surface area contributed by atoms with Crippen molar-refractivity contribution in [2.45, 2.75) is 0 Å². The van der Waals surface area contributed by atoms with Crippen molar-refractivity contribution >= 4 is 151 Å². The molecule has 0 radical (unpaired) electrons. The quantitative estimate of drug-likeness (QED) is 0.115. The lowest BCUT2D eigenvalue weighted by Gasteiger charge is -2.01. The Hall–Kier alpha value is -1.96. The third-order valence-electron chi connectivity index (χ3n) is 5.70. The summed E-state index contributed by atoms with van der Waals surface area (Å²) in [5.41, 5.74) is 2.86. The second kappa shape index (κ2) is 19.6. The summed E-state index contributed by atoms with van der Waals surface area (Å²) in [6, 6.07) is 29.0. The maximum absolute atomic E-state index is 11.9. The summed E-state index contributed by atoms with van der Waals surface area (Å²) in [7, 11) is -12.1. The van der Waals surface area contributed by atoms with Crippen LogP contribution in [0.5, 0.6) is 0 Å². The predicted octanol–water partition coefficient (Wildman–Crippen LogP) is 7.81. The highest BCUT2D eigenvalue weighted by Gasteiger charge is 2.15. The predicted molar refractivity (Wildman–Crippen MR) is 231 cm³/mol. The summed E-state index contributed by atoms with van der Waals surface area (Å²) in [6.07, 6.45) is 6.85. The van der Waals surface area contributed by atoms with Crippen molar-refractivity contribution in [3.63, 3.8) is 0 Å². The van der Waals surface area contributed by atoms with E-state index in [1.165, 1.54) is 24.3 Å². The van der Waals surface area contributed by atoms with E-state index < -0.39 is 36.0 Å². The molecule has 0 aliphatic rings. The minimum absolute atomic E-state index is 0.651. The Kier molecular flexibility index (Phi) is 16.6. The van der Waals surface area contributed by atoms with Gasteiger partial charge in [0.2, 0.25) is 20.0 Å². The highest BCUT2D eigenvalue weighted by atomic mass is 127. The van der Waals surface area contributed by atoms with Gasteiger partial charge in [0.1, 0.15) is 0 Å². The molecule has 256 valence electrons. The number of benzene rings is 4. The van der Waals surface area contributed by atoms with E-state index in [0.29, 0.717) is 11.1 Å². The Morgan fingerprint density at radius 1 is 0.429 bits per heavy atom. The molecule has 0 bridgehead atoms. The van der Waals surface area contributed by atoms with E-state index in [9.17, 15) is 30.0 Å². The van der Waals surface area contributed by atoms with E-state index in [4.69, 9.17) is 0 Å². The maximum atomic E-state index is 11.9. The zero-order chi connectivity index (χ0) is 36.1. The molecule has 0 saturated heterocycles. The molecule has 4 aromatic carbocycles. The first-order valence-electron chi connectivity index (χ1n) is 13.6. The van der Waals surface area contributed by atoms with Gasteiger partial charge in [0.05, 0.1) is 5.41 Å². The van der Waals surface area contributed by atoms with Crippen LogP contribution < -0.4 is 8.85 Å². The van der Waals surface area contributed by atoms with Crippen LogP contribution in [-0.4, -0.2) is 31.2 Å². The van der Waals surface area contributed by atoms with Crippen molar-refractivity contribution in [3.8, 4) is 0 Å². The van der Waals surface area contributed by atoms with Crippen LogP contribution >= 0.6 is 90.4 Å². The molecule has 4 rings (SSSR count). The molecule has 0 aromatic heterocycles. The molecule has 0 spiro atoms. The van der Waals surface area contributed by atoms with Crippen molar-refractivity contribution in [2.24, 2.45) is 0 Å². The maximum Gasteiger partial charge on any atom is 0.257 e. The van der Waals surface area contributed by atoms with Gasteiger partial charge in [0, 0.05) is 31.2 Å². The van der Waals surface area contributed by atoms with E-state index in [1.807, 2.05) is 65.4 Å². The Labute approximate surface area is 341 Å². The molecule has 0 saturated carbocycles. The first-order valence-corrected chi connectivity index (χ1v) is 22.5. The van der Waals surface area contributed by atoms with Gasteiger partial charge in [0.15, 0.2) is 0 Å². The van der Waals surface area contributed by atoms with Crippen LogP contribution in [-0.2, 0) is 34.9 Å². The third kappa shape index (κ3) is 17.2. The number of carbonyl (C=O) groups excluding carboxylic acids is 1. The van der Waals surface area contributed by atoms with Gasteiger partial charge in [-0.05, 0) is 185 Å². The fourth-order valence-corrected chi connectivity index (χ4v) is 8.00. The van der Waals surface area contributed by atoms with Gasteiger partial charge >= 0.3 is 0 Å². The molecule has 16 heteroatoms. The molecule has 0 unspecified atom stereocenters. The summed E-state index contributed by atoms with van der Waals surface area (Å²) < 4.78 is 79.3. The molecule has 0 atom stereocenters. The molecule has 49 heavy (non-hydrogen) atoms. The van der Waals surface area contributed by atoms with E-state index in [0.717, 1.165) is 41.6 Å². The number of halogens is 4. The summed E-state index contributed by atoms with van der Waals surface area (Å²) in [5, 5.41) is 2.63. The summed E-state index contributed by atoms with van der Waals surface area (Å²) in [4.78, 5) is 11.7. The zero-order valence-corrected chi connectivity index (χ0v) is 36.0.